The van der Waals surface area contributed by atoms with Gasteiger partial charge in [-0.2, -0.15) is 0 Å². The van der Waals surface area contributed by atoms with Crippen LogP contribution in [0.1, 0.15) is 19.8 Å². The molecule has 1 aliphatic rings. The van der Waals surface area contributed by atoms with Gasteiger partial charge in [-0.15, -0.1) is 0 Å². The van der Waals surface area contributed by atoms with E-state index in [1.54, 1.807) is 0 Å². The molecule has 0 aromatic heterocycles. The highest BCUT2D eigenvalue weighted by Crippen LogP contribution is 2.19. The molecule has 0 bridgehead atoms. The molecule has 12 heavy (non-hydrogen) atoms. The molecule has 1 saturated heterocycles. The maximum Gasteiger partial charge on any atom is 0.302 e. The van der Waals surface area contributed by atoms with Gasteiger partial charge in [-0.3, -0.25) is 4.79 Å². The quantitative estimate of drug-likeness (QED) is 0.616. The Kier molecular flexibility index (Phi) is 3.49. The maximum atomic E-state index is 10.4. The third-order valence-corrected chi connectivity index (χ3v) is 1.87. The van der Waals surface area contributed by atoms with E-state index >= 15 is 0 Å². The van der Waals surface area contributed by atoms with E-state index in [0.29, 0.717) is 6.61 Å². The van der Waals surface area contributed by atoms with Gasteiger partial charge in [-0.25, -0.2) is 0 Å². The van der Waals surface area contributed by atoms with Crippen LogP contribution in [-0.4, -0.2) is 36.5 Å². The predicted octanol–water partition coefficient (Wildman–Crippen LogP) is 0.0894. The van der Waals surface area contributed by atoms with Crippen molar-refractivity contribution in [3.63, 3.8) is 0 Å². The molecule has 1 aliphatic heterocycles. The van der Waals surface area contributed by atoms with Crippen molar-refractivity contribution in [2.45, 2.75) is 32.0 Å². The summed E-state index contributed by atoms with van der Waals surface area (Å²) in [5.41, 5.74) is 0. The number of aliphatic hydroxyl groups is 1. The number of esters is 1. The summed E-state index contributed by atoms with van der Waals surface area (Å²) in [6.07, 6.45) is 1.62. The molecule has 0 spiro atoms. The van der Waals surface area contributed by atoms with Gasteiger partial charge < -0.3 is 14.6 Å². The van der Waals surface area contributed by atoms with Crippen LogP contribution < -0.4 is 0 Å². The fourth-order valence-corrected chi connectivity index (χ4v) is 1.25. The Labute approximate surface area is 71.5 Å². The number of carbonyl (C=O) groups excluding carboxylic acids is 1. The molecular weight excluding hydrogens is 160 g/mol. The third-order valence-electron chi connectivity index (χ3n) is 1.87. The van der Waals surface area contributed by atoms with E-state index in [1.807, 2.05) is 0 Å². The van der Waals surface area contributed by atoms with Crippen LogP contribution in [0.3, 0.4) is 0 Å². The van der Waals surface area contributed by atoms with Gasteiger partial charge in [0.2, 0.25) is 0 Å². The second kappa shape index (κ2) is 4.42. The van der Waals surface area contributed by atoms with Crippen LogP contribution in [0, 0.1) is 0 Å². The zero-order valence-corrected chi connectivity index (χ0v) is 7.16. The van der Waals surface area contributed by atoms with Gasteiger partial charge >= 0.3 is 5.97 Å². The van der Waals surface area contributed by atoms with Gasteiger partial charge in [0.1, 0.15) is 6.61 Å². The molecule has 1 N–H and O–H groups in total. The predicted molar refractivity (Wildman–Crippen MR) is 41.6 cm³/mol. The molecule has 70 valence electrons. The Hall–Kier alpha value is -0.610. The topological polar surface area (TPSA) is 55.8 Å². The highest BCUT2D eigenvalue weighted by molar-refractivity contribution is 5.65. The molecule has 0 aromatic rings. The summed E-state index contributed by atoms with van der Waals surface area (Å²) in [6.45, 7) is 1.74. The normalized spacial score (nSPS) is 28.8. The number of carbonyl (C=O) groups is 1. The van der Waals surface area contributed by atoms with Crippen molar-refractivity contribution < 1.29 is 19.4 Å². The largest absolute Gasteiger partial charge is 0.463 e. The van der Waals surface area contributed by atoms with Crippen molar-refractivity contribution in [1.29, 1.82) is 0 Å². The Morgan fingerprint density at radius 1 is 1.58 bits per heavy atom. The van der Waals surface area contributed by atoms with Crippen LogP contribution in [0.2, 0.25) is 0 Å². The molecule has 1 heterocycles. The smallest absolute Gasteiger partial charge is 0.302 e. The molecule has 1 fully saturated rings. The Morgan fingerprint density at radius 2 is 2.25 bits per heavy atom. The highest BCUT2D eigenvalue weighted by Gasteiger charge is 2.24. The van der Waals surface area contributed by atoms with Crippen molar-refractivity contribution in [3.8, 4) is 0 Å². The average Bonchev–Trinajstić information content (AvgIpc) is 2.48. The summed E-state index contributed by atoms with van der Waals surface area (Å²) >= 11 is 0. The number of rotatable bonds is 3. The Morgan fingerprint density at radius 3 is 2.75 bits per heavy atom. The third kappa shape index (κ3) is 2.79. The molecule has 0 radical (unpaired) electrons. The summed E-state index contributed by atoms with van der Waals surface area (Å²) in [5, 5.41) is 8.73. The monoisotopic (exact) mass is 174 g/mol. The second-order valence-electron chi connectivity index (χ2n) is 2.94. The van der Waals surface area contributed by atoms with Crippen molar-refractivity contribution in [2.24, 2.45) is 0 Å². The summed E-state index contributed by atoms with van der Waals surface area (Å²) in [5.74, 6) is -0.286. The SMILES string of the molecule is CC(=O)OC[C@@H]1CC[C@@H](CO)O1. The van der Waals surface area contributed by atoms with E-state index in [1.165, 1.54) is 6.92 Å². The summed E-state index contributed by atoms with van der Waals surface area (Å²) < 4.78 is 10.1. The summed E-state index contributed by atoms with van der Waals surface area (Å²) in [6, 6.07) is 0. The van der Waals surface area contributed by atoms with Crippen molar-refractivity contribution >= 4 is 5.97 Å². The van der Waals surface area contributed by atoms with Crippen LogP contribution in [0.25, 0.3) is 0 Å². The van der Waals surface area contributed by atoms with E-state index in [0.717, 1.165) is 12.8 Å². The molecule has 1 rings (SSSR count). The summed E-state index contributed by atoms with van der Waals surface area (Å²) in [4.78, 5) is 10.4. The first-order valence-corrected chi connectivity index (χ1v) is 4.12. The minimum Gasteiger partial charge on any atom is -0.463 e. The van der Waals surface area contributed by atoms with E-state index in [4.69, 9.17) is 14.6 Å². The molecule has 2 atom stereocenters. The standard InChI is InChI=1S/C8H14O4/c1-6(10)11-5-8-3-2-7(4-9)12-8/h7-9H,2-5H2,1H3/t7-,8-/m0/s1. The molecule has 4 heteroatoms. The second-order valence-corrected chi connectivity index (χ2v) is 2.94. The fourth-order valence-electron chi connectivity index (χ4n) is 1.25. The first-order valence-electron chi connectivity index (χ1n) is 4.12. The van der Waals surface area contributed by atoms with Crippen LogP contribution in [0.4, 0.5) is 0 Å². The van der Waals surface area contributed by atoms with Crippen molar-refractivity contribution in [3.05, 3.63) is 0 Å². The molecule has 0 aliphatic carbocycles. The van der Waals surface area contributed by atoms with Crippen LogP contribution >= 0.6 is 0 Å². The molecule has 0 aromatic carbocycles. The van der Waals surface area contributed by atoms with Gasteiger partial charge in [-0.05, 0) is 12.8 Å². The molecule has 4 nitrogen and oxygen atoms in total. The van der Waals surface area contributed by atoms with E-state index in [9.17, 15) is 4.79 Å². The number of hydrogen-bond donors (Lipinski definition) is 1. The number of ether oxygens (including phenoxy) is 2. The fraction of sp³-hybridized carbons (Fsp3) is 0.875. The lowest BCUT2D eigenvalue weighted by Gasteiger charge is -2.11. The maximum absolute atomic E-state index is 10.4. The Balaban J connectivity index is 2.15. The summed E-state index contributed by atoms with van der Waals surface area (Å²) in [7, 11) is 0. The zero-order valence-electron chi connectivity index (χ0n) is 7.16. The van der Waals surface area contributed by atoms with Gasteiger partial charge in [0, 0.05) is 6.92 Å². The lowest BCUT2D eigenvalue weighted by molar-refractivity contribution is -0.145. The first kappa shape index (κ1) is 9.48. The van der Waals surface area contributed by atoms with Crippen molar-refractivity contribution in [1.82, 2.24) is 0 Å². The van der Waals surface area contributed by atoms with Gasteiger partial charge in [-0.1, -0.05) is 0 Å². The first-order chi connectivity index (χ1) is 5.72. The van der Waals surface area contributed by atoms with Crippen LogP contribution in [-0.2, 0) is 14.3 Å². The van der Waals surface area contributed by atoms with E-state index in [-0.39, 0.29) is 24.8 Å². The van der Waals surface area contributed by atoms with Crippen molar-refractivity contribution in [2.75, 3.05) is 13.2 Å². The molecular formula is C8H14O4. The van der Waals surface area contributed by atoms with Gasteiger partial charge in [0.25, 0.3) is 0 Å². The number of aliphatic hydroxyl groups excluding tert-OH is 1. The number of hydrogen-bond acceptors (Lipinski definition) is 4. The minimum atomic E-state index is -0.286. The molecule has 0 unspecified atom stereocenters. The average molecular weight is 174 g/mol. The lowest BCUT2D eigenvalue weighted by atomic mass is 10.2. The zero-order chi connectivity index (χ0) is 8.97. The van der Waals surface area contributed by atoms with Crippen LogP contribution in [0.15, 0.2) is 0 Å². The molecule has 0 amide bonds. The van der Waals surface area contributed by atoms with E-state index < -0.39 is 0 Å². The highest BCUT2D eigenvalue weighted by atomic mass is 16.6. The van der Waals surface area contributed by atoms with Gasteiger partial charge in [0.05, 0.1) is 18.8 Å². The van der Waals surface area contributed by atoms with Crippen LogP contribution in [0.5, 0.6) is 0 Å². The molecule has 0 saturated carbocycles. The lowest BCUT2D eigenvalue weighted by Crippen LogP contribution is -2.20. The van der Waals surface area contributed by atoms with E-state index in [2.05, 4.69) is 0 Å². The minimum absolute atomic E-state index is 0.0222. The Bertz CT molecular complexity index is 157. The van der Waals surface area contributed by atoms with Gasteiger partial charge in [0.15, 0.2) is 0 Å².